The van der Waals surface area contributed by atoms with Crippen LogP contribution in [-0.2, 0) is 0 Å². The van der Waals surface area contributed by atoms with Gasteiger partial charge in [0.15, 0.2) is 5.02 Å². The molecule has 0 radical (unpaired) electrons. The molecule has 0 bridgehead atoms. The highest BCUT2D eigenvalue weighted by Crippen LogP contribution is 2.37. The van der Waals surface area contributed by atoms with Gasteiger partial charge in [0.2, 0.25) is 0 Å². The van der Waals surface area contributed by atoms with Crippen LogP contribution in [-0.4, -0.2) is 22.0 Å². The fourth-order valence-electron chi connectivity index (χ4n) is 2.97. The third-order valence-corrected chi connectivity index (χ3v) is 4.70. The van der Waals surface area contributed by atoms with Crippen LogP contribution < -0.4 is 10.1 Å². The third kappa shape index (κ3) is 4.79. The van der Waals surface area contributed by atoms with E-state index in [0.29, 0.717) is 5.92 Å². The van der Waals surface area contributed by atoms with Crippen molar-refractivity contribution in [3.8, 4) is 5.75 Å². The molecule has 0 aliphatic heterocycles. The Kier molecular flexibility index (Phi) is 6.13. The molecular weight excluding hydrogens is 354 g/mol. The number of benzene rings is 1. The van der Waals surface area contributed by atoms with Crippen molar-refractivity contribution in [2.24, 2.45) is 5.92 Å². The number of carbonyl (C=O) groups is 1. The van der Waals surface area contributed by atoms with Crippen molar-refractivity contribution in [1.29, 1.82) is 0 Å². The van der Waals surface area contributed by atoms with Gasteiger partial charge >= 0.3 is 6.09 Å². The van der Waals surface area contributed by atoms with Gasteiger partial charge in [-0.1, -0.05) is 30.9 Å². The minimum atomic E-state index is -0.870. The molecule has 136 valence electrons. The molecular formula is C15H18ClN3O6. The smallest absolute Gasteiger partial charge is 0.410 e. The number of amides is 1. The number of nitrogens with one attached hydrogen (secondary N) is 1. The average Bonchev–Trinajstić information content (AvgIpc) is 2.56. The molecule has 9 nitrogen and oxygen atoms in total. The van der Waals surface area contributed by atoms with Crippen LogP contribution in [0, 0.1) is 26.1 Å². The number of hydrogen-bond acceptors (Lipinski definition) is 6. The van der Waals surface area contributed by atoms with E-state index in [9.17, 15) is 25.0 Å². The first-order valence-corrected chi connectivity index (χ1v) is 8.28. The molecule has 0 heterocycles. The van der Waals surface area contributed by atoms with Gasteiger partial charge in [-0.25, -0.2) is 4.79 Å². The zero-order valence-corrected chi connectivity index (χ0v) is 14.3. The van der Waals surface area contributed by atoms with Crippen LogP contribution in [0.1, 0.15) is 39.0 Å². The van der Waals surface area contributed by atoms with E-state index in [2.05, 4.69) is 5.32 Å². The van der Waals surface area contributed by atoms with Crippen molar-refractivity contribution in [2.75, 3.05) is 0 Å². The molecule has 25 heavy (non-hydrogen) atoms. The number of carbonyl (C=O) groups excluding carboxylic acids is 1. The second-order valence-electron chi connectivity index (χ2n) is 6.01. The predicted octanol–water partition coefficient (Wildman–Crippen LogP) is 4.21. The number of nitro groups is 2. The van der Waals surface area contributed by atoms with Crippen LogP contribution >= 0.6 is 11.6 Å². The summed E-state index contributed by atoms with van der Waals surface area (Å²) in [4.78, 5) is 32.2. The second-order valence-corrected chi connectivity index (χ2v) is 6.39. The maximum atomic E-state index is 12.0. The number of nitro benzene ring substituents is 2. The fourth-order valence-corrected chi connectivity index (χ4v) is 3.22. The van der Waals surface area contributed by atoms with Gasteiger partial charge in [-0.2, -0.15) is 0 Å². The largest absolute Gasteiger partial charge is 0.412 e. The van der Waals surface area contributed by atoms with Crippen molar-refractivity contribution >= 4 is 29.1 Å². The van der Waals surface area contributed by atoms with Gasteiger partial charge in [0.25, 0.3) is 11.4 Å². The van der Waals surface area contributed by atoms with Crippen molar-refractivity contribution in [1.82, 2.24) is 5.32 Å². The van der Waals surface area contributed by atoms with E-state index in [0.717, 1.165) is 37.8 Å². The molecule has 0 aromatic heterocycles. The van der Waals surface area contributed by atoms with Gasteiger partial charge in [-0.3, -0.25) is 20.2 Å². The van der Waals surface area contributed by atoms with Gasteiger partial charge in [0.05, 0.1) is 22.0 Å². The normalized spacial score (nSPS) is 16.1. The monoisotopic (exact) mass is 371 g/mol. The highest BCUT2D eigenvalue weighted by atomic mass is 35.5. The summed E-state index contributed by atoms with van der Waals surface area (Å²) in [5.41, 5.74) is -1.39. The van der Waals surface area contributed by atoms with Gasteiger partial charge in [-0.15, -0.1) is 0 Å². The molecule has 1 aliphatic carbocycles. The van der Waals surface area contributed by atoms with Gasteiger partial charge in [-0.05, 0) is 25.7 Å². The van der Waals surface area contributed by atoms with Crippen LogP contribution in [0.4, 0.5) is 16.2 Å². The molecule has 1 aromatic rings. The molecule has 1 aromatic carbocycles. The van der Waals surface area contributed by atoms with E-state index in [1.54, 1.807) is 0 Å². The Morgan fingerprint density at radius 2 is 1.72 bits per heavy atom. The Morgan fingerprint density at radius 3 is 2.20 bits per heavy atom. The summed E-state index contributed by atoms with van der Waals surface area (Å²) in [5, 5.41) is 24.0. The molecule has 1 atom stereocenters. The lowest BCUT2D eigenvalue weighted by molar-refractivity contribution is -0.394. The van der Waals surface area contributed by atoms with E-state index in [4.69, 9.17) is 16.3 Å². The first kappa shape index (κ1) is 18.9. The molecule has 1 fully saturated rings. The Labute approximate surface area is 148 Å². The van der Waals surface area contributed by atoms with Crippen LogP contribution in [0.3, 0.4) is 0 Å². The molecule has 1 amide bonds. The number of hydrogen-bond donors (Lipinski definition) is 1. The van der Waals surface area contributed by atoms with E-state index in [-0.39, 0.29) is 11.8 Å². The molecule has 10 heteroatoms. The maximum absolute atomic E-state index is 12.0. The van der Waals surface area contributed by atoms with E-state index < -0.39 is 32.3 Å². The van der Waals surface area contributed by atoms with Gasteiger partial charge in [0.1, 0.15) is 5.75 Å². The van der Waals surface area contributed by atoms with Crippen LogP contribution in [0.5, 0.6) is 5.75 Å². The van der Waals surface area contributed by atoms with E-state index >= 15 is 0 Å². The maximum Gasteiger partial charge on any atom is 0.412 e. The molecule has 1 N–H and O–H groups in total. The van der Waals surface area contributed by atoms with Crippen molar-refractivity contribution < 1.29 is 19.4 Å². The highest BCUT2D eigenvalue weighted by molar-refractivity contribution is 6.34. The first-order chi connectivity index (χ1) is 11.8. The minimum absolute atomic E-state index is 0.120. The first-order valence-electron chi connectivity index (χ1n) is 7.90. The third-order valence-electron chi connectivity index (χ3n) is 4.31. The van der Waals surface area contributed by atoms with Crippen LogP contribution in [0.25, 0.3) is 0 Å². The van der Waals surface area contributed by atoms with E-state index in [1.165, 1.54) is 6.42 Å². The second kappa shape index (κ2) is 8.11. The molecule has 2 rings (SSSR count). The zero-order chi connectivity index (χ0) is 18.6. The van der Waals surface area contributed by atoms with Gasteiger partial charge < -0.3 is 10.1 Å². The Bertz CT molecular complexity index is 655. The quantitative estimate of drug-likeness (QED) is 0.610. The summed E-state index contributed by atoms with van der Waals surface area (Å²) in [6.07, 6.45) is 4.62. The average molecular weight is 372 g/mol. The Hall–Kier alpha value is -2.42. The van der Waals surface area contributed by atoms with Crippen LogP contribution in [0.15, 0.2) is 12.1 Å². The Morgan fingerprint density at radius 1 is 1.20 bits per heavy atom. The fraction of sp³-hybridized carbons (Fsp3) is 0.533. The molecule has 1 saturated carbocycles. The lowest BCUT2D eigenvalue weighted by Gasteiger charge is -2.27. The van der Waals surface area contributed by atoms with Crippen molar-refractivity contribution in [2.45, 2.75) is 45.1 Å². The number of ether oxygens (including phenoxy) is 1. The van der Waals surface area contributed by atoms with Crippen LogP contribution in [0.2, 0.25) is 5.02 Å². The lowest BCUT2D eigenvalue weighted by Crippen LogP contribution is -2.40. The number of nitrogens with zero attached hydrogens (tertiary/aromatic N) is 2. The number of rotatable bonds is 5. The molecule has 1 aliphatic rings. The SMILES string of the molecule is C[C@@H](NC(=O)Oc1cc([N+](=O)[O-])c(Cl)c([N+](=O)[O-])c1)C1CCCCC1. The van der Waals surface area contributed by atoms with E-state index in [1.807, 2.05) is 6.92 Å². The molecule has 0 saturated heterocycles. The summed E-state index contributed by atoms with van der Waals surface area (Å²) >= 11 is 5.65. The summed E-state index contributed by atoms with van der Waals surface area (Å²) in [5.74, 6) is 0.0336. The Balaban J connectivity index is 2.11. The topological polar surface area (TPSA) is 125 Å². The van der Waals surface area contributed by atoms with Crippen molar-refractivity contribution in [3.63, 3.8) is 0 Å². The minimum Gasteiger partial charge on any atom is -0.410 e. The summed E-state index contributed by atoms with van der Waals surface area (Å²) in [6.45, 7) is 1.87. The summed E-state index contributed by atoms with van der Waals surface area (Å²) < 4.78 is 4.99. The zero-order valence-electron chi connectivity index (χ0n) is 13.6. The van der Waals surface area contributed by atoms with Gasteiger partial charge in [0, 0.05) is 6.04 Å². The highest BCUT2D eigenvalue weighted by Gasteiger charge is 2.27. The summed E-state index contributed by atoms with van der Waals surface area (Å²) in [7, 11) is 0. The summed E-state index contributed by atoms with van der Waals surface area (Å²) in [6, 6.07) is 1.66. The lowest BCUT2D eigenvalue weighted by atomic mass is 9.85. The molecule has 0 spiro atoms. The standard InChI is InChI=1S/C15H18ClN3O6/c1-9(10-5-3-2-4-6-10)17-15(20)25-11-7-12(18(21)22)14(16)13(8-11)19(23)24/h7-10H,2-6H2,1H3,(H,17,20)/t9-/m1/s1. The molecule has 0 unspecified atom stereocenters. The van der Waals surface area contributed by atoms with Crippen molar-refractivity contribution in [3.05, 3.63) is 37.4 Å². The number of halogens is 1. The predicted molar refractivity (Wildman–Crippen MR) is 90.0 cm³/mol.